The zero-order valence-electron chi connectivity index (χ0n) is 21.8. The first-order chi connectivity index (χ1) is 16.3. The summed E-state index contributed by atoms with van der Waals surface area (Å²) in [6, 6.07) is 0.158. The van der Waals surface area contributed by atoms with Crippen molar-refractivity contribution in [3.05, 3.63) is 17.6 Å². The van der Waals surface area contributed by atoms with Crippen molar-refractivity contribution in [1.29, 1.82) is 0 Å². The minimum Gasteiger partial charge on any atom is -0.444 e. The van der Waals surface area contributed by atoms with Crippen LogP contribution in [0.1, 0.15) is 71.7 Å². The van der Waals surface area contributed by atoms with Crippen molar-refractivity contribution < 1.29 is 19.1 Å². The Morgan fingerprint density at radius 2 is 1.77 bits per heavy atom. The van der Waals surface area contributed by atoms with Crippen LogP contribution in [0.5, 0.6) is 0 Å². The normalized spacial score (nSPS) is 18.5. The third kappa shape index (κ3) is 5.59. The average molecular weight is 488 g/mol. The van der Waals surface area contributed by atoms with Crippen LogP contribution in [0.3, 0.4) is 0 Å². The molecule has 192 valence electrons. The Balaban J connectivity index is 1.29. The highest BCUT2D eigenvalue weighted by atomic mass is 16.6. The van der Waals surface area contributed by atoms with E-state index in [0.29, 0.717) is 43.9 Å². The molecule has 35 heavy (non-hydrogen) atoms. The molecular formula is C24H37N7O4. The number of carbonyl (C=O) groups is 2. The topological polar surface area (TPSA) is 114 Å². The maximum absolute atomic E-state index is 12.8. The van der Waals surface area contributed by atoms with E-state index in [4.69, 9.17) is 9.47 Å². The molecule has 0 aromatic carbocycles. The number of hydrogen-bond donors (Lipinski definition) is 1. The molecule has 0 bridgehead atoms. The smallest absolute Gasteiger partial charge is 0.410 e. The number of fused-ring (bicyclic) bond motifs is 1. The molecule has 1 N–H and O–H groups in total. The summed E-state index contributed by atoms with van der Waals surface area (Å²) in [5, 5.41) is 7.99. The molecule has 0 atom stereocenters. The minimum absolute atomic E-state index is 0.158. The van der Waals surface area contributed by atoms with Gasteiger partial charge in [0, 0.05) is 24.7 Å². The molecule has 2 saturated heterocycles. The van der Waals surface area contributed by atoms with Crippen LogP contribution in [0.2, 0.25) is 0 Å². The van der Waals surface area contributed by atoms with Crippen LogP contribution < -0.4 is 5.32 Å². The van der Waals surface area contributed by atoms with Crippen molar-refractivity contribution in [2.24, 2.45) is 0 Å². The van der Waals surface area contributed by atoms with E-state index in [2.05, 4.69) is 34.2 Å². The largest absolute Gasteiger partial charge is 0.444 e. The van der Waals surface area contributed by atoms with Gasteiger partial charge in [0.05, 0.1) is 19.3 Å². The van der Waals surface area contributed by atoms with Crippen LogP contribution in [-0.2, 0) is 9.47 Å². The second-order valence-electron chi connectivity index (χ2n) is 11.1. The number of rotatable bonds is 4. The zero-order chi connectivity index (χ0) is 25.5. The van der Waals surface area contributed by atoms with Gasteiger partial charge in [0.15, 0.2) is 5.65 Å². The molecule has 2 aromatic heterocycles. The Kier molecular flexibility index (Phi) is 6.54. The molecule has 4 rings (SSSR count). The predicted octanol–water partition coefficient (Wildman–Crippen LogP) is 3.58. The SMILES string of the molecule is Cc1nc(NC2CCN(C(=O)OC3(C)CN(C(=O)OC(C)(C)C)C3)CC2)n2ncc(C(C)C)c2n1. The number of piperidine rings is 1. The summed E-state index contributed by atoms with van der Waals surface area (Å²) in [7, 11) is 0. The van der Waals surface area contributed by atoms with Crippen LogP contribution in [-0.4, -0.2) is 85.0 Å². The van der Waals surface area contributed by atoms with Crippen LogP contribution >= 0.6 is 0 Å². The van der Waals surface area contributed by atoms with Gasteiger partial charge in [-0.2, -0.15) is 14.6 Å². The molecule has 2 amide bonds. The molecule has 4 heterocycles. The number of hydrogen-bond acceptors (Lipinski definition) is 8. The lowest BCUT2D eigenvalue weighted by molar-refractivity contribution is -0.100. The fourth-order valence-electron chi connectivity index (χ4n) is 4.45. The van der Waals surface area contributed by atoms with Crippen LogP contribution in [0, 0.1) is 6.92 Å². The van der Waals surface area contributed by atoms with Gasteiger partial charge < -0.3 is 24.6 Å². The Labute approximate surface area is 206 Å². The van der Waals surface area contributed by atoms with E-state index < -0.39 is 11.2 Å². The lowest BCUT2D eigenvalue weighted by atomic mass is 9.97. The molecule has 11 nitrogen and oxygen atoms in total. The molecule has 2 fully saturated rings. The quantitative estimate of drug-likeness (QED) is 0.696. The number of aryl methyl sites for hydroxylation is 1. The molecular weight excluding hydrogens is 450 g/mol. The maximum atomic E-state index is 12.8. The predicted molar refractivity (Wildman–Crippen MR) is 131 cm³/mol. The Morgan fingerprint density at radius 3 is 2.37 bits per heavy atom. The molecule has 2 aliphatic rings. The Bertz CT molecular complexity index is 1090. The van der Waals surface area contributed by atoms with E-state index in [1.807, 2.05) is 40.8 Å². The van der Waals surface area contributed by atoms with Gasteiger partial charge in [-0.3, -0.25) is 0 Å². The zero-order valence-corrected chi connectivity index (χ0v) is 21.8. The van der Waals surface area contributed by atoms with Gasteiger partial charge in [0.2, 0.25) is 5.95 Å². The third-order valence-corrected chi connectivity index (χ3v) is 6.25. The van der Waals surface area contributed by atoms with Crippen molar-refractivity contribution >= 4 is 23.8 Å². The van der Waals surface area contributed by atoms with Crippen molar-refractivity contribution in [3.63, 3.8) is 0 Å². The molecule has 0 saturated carbocycles. The number of likely N-dealkylation sites (tertiary alicyclic amines) is 2. The van der Waals surface area contributed by atoms with E-state index in [-0.39, 0.29) is 18.2 Å². The highest BCUT2D eigenvalue weighted by Crippen LogP contribution is 2.28. The van der Waals surface area contributed by atoms with Crippen molar-refractivity contribution in [2.45, 2.75) is 84.5 Å². The van der Waals surface area contributed by atoms with Crippen LogP contribution in [0.25, 0.3) is 5.65 Å². The number of nitrogens with zero attached hydrogens (tertiary/aromatic N) is 6. The van der Waals surface area contributed by atoms with Gasteiger partial charge in [-0.15, -0.1) is 0 Å². The average Bonchev–Trinajstić information content (AvgIpc) is 3.15. The summed E-state index contributed by atoms with van der Waals surface area (Å²) < 4.78 is 12.9. The molecule has 11 heteroatoms. The van der Waals surface area contributed by atoms with Gasteiger partial charge in [0.25, 0.3) is 0 Å². The van der Waals surface area contributed by atoms with Gasteiger partial charge in [-0.1, -0.05) is 13.8 Å². The summed E-state index contributed by atoms with van der Waals surface area (Å²) in [5.41, 5.74) is 0.667. The lowest BCUT2D eigenvalue weighted by Gasteiger charge is -2.47. The first kappa shape index (κ1) is 25.0. The van der Waals surface area contributed by atoms with Crippen LogP contribution in [0.4, 0.5) is 15.5 Å². The second kappa shape index (κ2) is 9.16. The standard InChI is InChI=1S/C24H37N7O4/c1-15(2)18-12-25-31-19(18)26-16(3)27-20(31)28-17-8-10-29(11-9-17)21(32)35-24(7)13-30(14-24)22(33)34-23(4,5)6/h12,15,17H,8-11,13-14H2,1-7H3,(H,26,27,28). The summed E-state index contributed by atoms with van der Waals surface area (Å²) in [4.78, 5) is 37.4. The Morgan fingerprint density at radius 1 is 1.11 bits per heavy atom. The third-order valence-electron chi connectivity index (χ3n) is 6.25. The number of anilines is 1. The van der Waals surface area contributed by atoms with Crippen molar-refractivity contribution in [3.8, 4) is 0 Å². The summed E-state index contributed by atoms with van der Waals surface area (Å²) in [6.45, 7) is 15.3. The molecule has 0 unspecified atom stereocenters. The van der Waals surface area contributed by atoms with Gasteiger partial charge in [-0.05, 0) is 53.4 Å². The van der Waals surface area contributed by atoms with E-state index >= 15 is 0 Å². The van der Waals surface area contributed by atoms with E-state index in [1.165, 1.54) is 0 Å². The Hall–Kier alpha value is -3.11. The van der Waals surface area contributed by atoms with Gasteiger partial charge in [0.1, 0.15) is 17.0 Å². The molecule has 2 aliphatic heterocycles. The summed E-state index contributed by atoms with van der Waals surface area (Å²) in [5.74, 6) is 1.68. The number of amides is 2. The number of nitrogens with one attached hydrogen (secondary N) is 1. The first-order valence-corrected chi connectivity index (χ1v) is 12.3. The van der Waals surface area contributed by atoms with Gasteiger partial charge >= 0.3 is 12.2 Å². The summed E-state index contributed by atoms with van der Waals surface area (Å²) in [6.07, 6.45) is 2.65. The molecule has 0 radical (unpaired) electrons. The second-order valence-corrected chi connectivity index (χ2v) is 11.1. The van der Waals surface area contributed by atoms with Crippen molar-refractivity contribution in [1.82, 2.24) is 29.4 Å². The monoisotopic (exact) mass is 487 g/mol. The molecule has 0 aliphatic carbocycles. The highest BCUT2D eigenvalue weighted by Gasteiger charge is 2.47. The fourth-order valence-corrected chi connectivity index (χ4v) is 4.45. The number of aromatic nitrogens is 4. The highest BCUT2D eigenvalue weighted by molar-refractivity contribution is 5.71. The molecule has 0 spiro atoms. The lowest BCUT2D eigenvalue weighted by Crippen LogP contribution is -2.65. The van der Waals surface area contributed by atoms with Crippen LogP contribution in [0.15, 0.2) is 6.20 Å². The van der Waals surface area contributed by atoms with E-state index in [9.17, 15) is 9.59 Å². The minimum atomic E-state index is -0.693. The number of ether oxygens (including phenoxy) is 2. The summed E-state index contributed by atoms with van der Waals surface area (Å²) >= 11 is 0. The van der Waals surface area contributed by atoms with E-state index in [1.54, 1.807) is 14.3 Å². The maximum Gasteiger partial charge on any atom is 0.410 e. The molecule has 2 aromatic rings. The van der Waals surface area contributed by atoms with Gasteiger partial charge in [-0.25, -0.2) is 14.6 Å². The van der Waals surface area contributed by atoms with Crippen molar-refractivity contribution in [2.75, 3.05) is 31.5 Å². The number of carbonyl (C=O) groups excluding carboxylic acids is 2. The first-order valence-electron chi connectivity index (χ1n) is 12.3. The van der Waals surface area contributed by atoms with E-state index in [0.717, 1.165) is 24.1 Å². The fraction of sp³-hybridized carbons (Fsp3) is 0.708.